The van der Waals surface area contributed by atoms with Gasteiger partial charge in [0.25, 0.3) is 0 Å². The molecule has 2 rings (SSSR count). The molecule has 0 radical (unpaired) electrons. The van der Waals surface area contributed by atoms with Crippen LogP contribution >= 0.6 is 11.8 Å². The first-order valence-corrected chi connectivity index (χ1v) is 10.5. The first-order valence-electron chi connectivity index (χ1n) is 9.31. The Morgan fingerprint density at radius 1 is 1.35 bits per heavy atom. The second kappa shape index (κ2) is 11.4. The van der Waals surface area contributed by atoms with Crippen LogP contribution in [0.1, 0.15) is 38.2 Å². The van der Waals surface area contributed by atoms with Crippen LogP contribution in [-0.4, -0.2) is 55.9 Å². The molecule has 7 nitrogen and oxygen atoms in total. The topological polar surface area (TPSA) is 120 Å². The van der Waals surface area contributed by atoms with Crippen LogP contribution in [0.4, 0.5) is 5.82 Å². The number of aliphatic hydroxyl groups is 2. The van der Waals surface area contributed by atoms with E-state index < -0.39 is 0 Å². The summed E-state index contributed by atoms with van der Waals surface area (Å²) in [7, 11) is 0. The molecule has 1 unspecified atom stereocenters. The van der Waals surface area contributed by atoms with E-state index in [9.17, 15) is 5.11 Å². The summed E-state index contributed by atoms with van der Waals surface area (Å²) in [6.07, 6.45) is 6.75. The molecule has 8 heteroatoms. The minimum atomic E-state index is -0.293. The second-order valence-electron chi connectivity index (χ2n) is 6.55. The summed E-state index contributed by atoms with van der Waals surface area (Å²) >= 11 is 1.85. The first kappa shape index (κ1) is 21.0. The summed E-state index contributed by atoms with van der Waals surface area (Å²) in [5, 5.41) is 22.7. The Morgan fingerprint density at radius 2 is 2.19 bits per heavy atom. The molecular formula is C18H31N5O2S. The van der Waals surface area contributed by atoms with Crippen molar-refractivity contribution in [3.63, 3.8) is 0 Å². The smallest absolute Gasteiger partial charge is 0.151 e. The fourth-order valence-electron chi connectivity index (χ4n) is 2.93. The van der Waals surface area contributed by atoms with Crippen LogP contribution in [0.15, 0.2) is 12.5 Å². The highest BCUT2D eigenvalue weighted by Crippen LogP contribution is 2.20. The number of nitrogens with one attached hydrogen (secondary N) is 2. The molecule has 0 aliphatic rings. The monoisotopic (exact) mass is 381 g/mol. The van der Waals surface area contributed by atoms with Gasteiger partial charge in [-0.05, 0) is 30.8 Å². The highest BCUT2D eigenvalue weighted by molar-refractivity contribution is 7.99. The van der Waals surface area contributed by atoms with Crippen LogP contribution in [0.3, 0.4) is 0 Å². The van der Waals surface area contributed by atoms with Gasteiger partial charge in [-0.1, -0.05) is 13.3 Å². The normalized spacial score (nSPS) is 14.0. The van der Waals surface area contributed by atoms with E-state index >= 15 is 0 Å². The van der Waals surface area contributed by atoms with Gasteiger partial charge in [-0.15, -0.1) is 0 Å². The molecule has 0 amide bonds. The lowest BCUT2D eigenvalue weighted by atomic mass is 10.0. The van der Waals surface area contributed by atoms with Crippen LogP contribution in [0.2, 0.25) is 0 Å². The molecule has 0 spiro atoms. The van der Waals surface area contributed by atoms with Crippen molar-refractivity contribution >= 4 is 28.6 Å². The van der Waals surface area contributed by atoms with Crippen molar-refractivity contribution in [2.45, 2.75) is 45.3 Å². The molecule has 146 valence electrons. The molecular weight excluding hydrogens is 350 g/mol. The number of hydrogen-bond donors (Lipinski definition) is 5. The summed E-state index contributed by atoms with van der Waals surface area (Å²) in [5.74, 6) is 2.60. The highest BCUT2D eigenvalue weighted by atomic mass is 32.2. The van der Waals surface area contributed by atoms with E-state index in [1.165, 1.54) is 6.33 Å². The number of fused-ring (bicyclic) bond motifs is 1. The van der Waals surface area contributed by atoms with E-state index in [-0.39, 0.29) is 18.6 Å². The molecule has 26 heavy (non-hydrogen) atoms. The maximum Gasteiger partial charge on any atom is 0.151 e. The number of anilines is 1. The number of rotatable bonds is 13. The van der Waals surface area contributed by atoms with Crippen LogP contribution in [0, 0.1) is 5.92 Å². The molecule has 2 aromatic rings. The number of aromatic nitrogens is 3. The minimum absolute atomic E-state index is 0.207. The number of H-pyrrole nitrogens is 1. The quantitative estimate of drug-likeness (QED) is 0.336. The van der Waals surface area contributed by atoms with Gasteiger partial charge in [0, 0.05) is 37.4 Å². The molecule has 0 saturated heterocycles. The first-order chi connectivity index (χ1) is 12.7. The average molecular weight is 382 g/mol. The molecule has 0 aliphatic heterocycles. The number of hydrogen-bond acceptors (Lipinski definition) is 7. The zero-order chi connectivity index (χ0) is 18.8. The van der Waals surface area contributed by atoms with Gasteiger partial charge in [-0.25, -0.2) is 9.97 Å². The Hall–Kier alpha value is -1.35. The molecule has 2 atom stereocenters. The van der Waals surface area contributed by atoms with Gasteiger partial charge in [0.15, 0.2) is 5.82 Å². The third-order valence-corrected chi connectivity index (χ3v) is 5.69. The van der Waals surface area contributed by atoms with Gasteiger partial charge >= 0.3 is 0 Å². The van der Waals surface area contributed by atoms with E-state index in [1.807, 2.05) is 18.0 Å². The zero-order valence-corrected chi connectivity index (χ0v) is 16.3. The van der Waals surface area contributed by atoms with Crippen molar-refractivity contribution in [1.82, 2.24) is 20.3 Å². The zero-order valence-electron chi connectivity index (χ0n) is 15.4. The van der Waals surface area contributed by atoms with Gasteiger partial charge in [0.05, 0.1) is 11.6 Å². The van der Waals surface area contributed by atoms with Crippen molar-refractivity contribution in [2.75, 3.05) is 30.4 Å². The van der Waals surface area contributed by atoms with Gasteiger partial charge in [0.2, 0.25) is 0 Å². The number of thioether (sulfide) groups is 1. The van der Waals surface area contributed by atoms with Crippen molar-refractivity contribution in [3.8, 4) is 0 Å². The summed E-state index contributed by atoms with van der Waals surface area (Å²) in [6.45, 7) is 3.77. The van der Waals surface area contributed by atoms with Crippen LogP contribution < -0.4 is 11.1 Å². The Labute approximate surface area is 159 Å². The molecule has 0 aliphatic carbocycles. The van der Waals surface area contributed by atoms with Gasteiger partial charge < -0.3 is 26.2 Å². The van der Waals surface area contributed by atoms with Crippen molar-refractivity contribution in [2.24, 2.45) is 5.92 Å². The average Bonchev–Trinajstić information content (AvgIpc) is 3.05. The summed E-state index contributed by atoms with van der Waals surface area (Å²) in [5.41, 5.74) is 8.52. The van der Waals surface area contributed by atoms with Crippen molar-refractivity contribution in [1.29, 1.82) is 0 Å². The van der Waals surface area contributed by atoms with E-state index in [4.69, 9.17) is 10.8 Å². The van der Waals surface area contributed by atoms with E-state index in [0.29, 0.717) is 12.4 Å². The fraction of sp³-hybridized carbons (Fsp3) is 0.667. The van der Waals surface area contributed by atoms with Crippen LogP contribution in [-0.2, 0) is 6.54 Å². The van der Waals surface area contributed by atoms with E-state index in [0.717, 1.165) is 60.3 Å². The summed E-state index contributed by atoms with van der Waals surface area (Å²) in [6, 6.07) is 0. The maximum absolute atomic E-state index is 10.4. The molecule has 2 aromatic heterocycles. The Balaban J connectivity index is 1.85. The lowest BCUT2D eigenvalue weighted by Gasteiger charge is -2.23. The standard InChI is InChI=1S/C18H31N5O2S/c1-2-5-15(25)14(11-26-7-4-3-6-24)9-20-8-13-10-21-17-16(13)22-12-23-18(17)19/h10,12,14-15,20-21,24-25H,2-9,11H2,1H3,(H2,19,22,23)/t14-,15?/m1/s1. The molecule has 6 N–H and O–H groups in total. The predicted molar refractivity (Wildman–Crippen MR) is 108 cm³/mol. The van der Waals surface area contributed by atoms with Gasteiger partial charge in [-0.2, -0.15) is 11.8 Å². The lowest BCUT2D eigenvalue weighted by Crippen LogP contribution is -2.33. The van der Waals surface area contributed by atoms with E-state index in [2.05, 4.69) is 27.2 Å². The van der Waals surface area contributed by atoms with Crippen LogP contribution in [0.25, 0.3) is 11.0 Å². The van der Waals surface area contributed by atoms with Gasteiger partial charge in [-0.3, -0.25) is 0 Å². The second-order valence-corrected chi connectivity index (χ2v) is 7.70. The third kappa shape index (κ3) is 6.12. The fourth-order valence-corrected chi connectivity index (χ4v) is 4.15. The Morgan fingerprint density at radius 3 is 2.96 bits per heavy atom. The summed E-state index contributed by atoms with van der Waals surface area (Å²) in [4.78, 5) is 11.4. The van der Waals surface area contributed by atoms with Crippen molar-refractivity contribution < 1.29 is 10.2 Å². The molecule has 0 saturated carbocycles. The SMILES string of the molecule is CCCC(O)[C@H](CNCc1c[nH]c2c(N)ncnc12)CSCCCCO. The Kier molecular flexibility index (Phi) is 9.17. The number of nitrogen functional groups attached to an aromatic ring is 1. The van der Waals surface area contributed by atoms with Gasteiger partial charge in [0.1, 0.15) is 11.8 Å². The minimum Gasteiger partial charge on any atom is -0.396 e. The predicted octanol–water partition coefficient (Wildman–Crippen LogP) is 1.91. The Bertz CT molecular complexity index is 652. The lowest BCUT2D eigenvalue weighted by molar-refractivity contribution is 0.108. The van der Waals surface area contributed by atoms with Crippen LogP contribution in [0.5, 0.6) is 0 Å². The molecule has 2 heterocycles. The largest absolute Gasteiger partial charge is 0.396 e. The number of nitrogens with two attached hydrogens (primary N) is 1. The highest BCUT2D eigenvalue weighted by Gasteiger charge is 2.18. The molecule has 0 fully saturated rings. The molecule has 0 aromatic carbocycles. The summed E-state index contributed by atoms with van der Waals surface area (Å²) < 4.78 is 0. The number of nitrogens with zero attached hydrogens (tertiary/aromatic N) is 2. The number of aromatic amines is 1. The van der Waals surface area contributed by atoms with E-state index in [1.54, 1.807) is 0 Å². The number of aliphatic hydroxyl groups excluding tert-OH is 2. The maximum atomic E-state index is 10.4. The number of unbranched alkanes of at least 4 members (excludes halogenated alkanes) is 1. The van der Waals surface area contributed by atoms with Crippen molar-refractivity contribution in [3.05, 3.63) is 18.1 Å². The molecule has 0 bridgehead atoms. The third-order valence-electron chi connectivity index (χ3n) is 4.45.